The monoisotopic (exact) mass is 346 g/mol. The zero-order valence-corrected chi connectivity index (χ0v) is 15.1. The minimum absolute atomic E-state index is 0.143. The van der Waals surface area contributed by atoms with Crippen LogP contribution in [0.2, 0.25) is 0 Å². The van der Waals surface area contributed by atoms with Gasteiger partial charge in [-0.05, 0) is 39.7 Å². The third kappa shape index (κ3) is 5.01. The number of aromatic nitrogens is 3. The SMILES string of the molecule is Cc1cc(C)n2nc(C)c(C(=O)NCCCCCCCC(=O)O)c2n1. The largest absolute Gasteiger partial charge is 0.481 e. The van der Waals surface area contributed by atoms with E-state index in [9.17, 15) is 9.59 Å². The van der Waals surface area contributed by atoms with E-state index in [1.54, 1.807) is 4.52 Å². The highest BCUT2D eigenvalue weighted by Gasteiger charge is 2.19. The maximum atomic E-state index is 12.5. The molecule has 2 rings (SSSR count). The van der Waals surface area contributed by atoms with Gasteiger partial charge < -0.3 is 10.4 Å². The fourth-order valence-corrected chi connectivity index (χ4v) is 2.91. The number of nitrogens with zero attached hydrogens (tertiary/aromatic N) is 3. The lowest BCUT2D eigenvalue weighted by Gasteiger charge is -2.05. The summed E-state index contributed by atoms with van der Waals surface area (Å²) in [6.45, 7) is 6.27. The predicted molar refractivity (Wildman–Crippen MR) is 94.9 cm³/mol. The Bertz CT molecular complexity index is 767. The molecule has 2 heterocycles. The number of fused-ring (bicyclic) bond motifs is 1. The van der Waals surface area contributed by atoms with Gasteiger partial charge in [-0.3, -0.25) is 9.59 Å². The molecule has 7 nitrogen and oxygen atoms in total. The smallest absolute Gasteiger partial charge is 0.303 e. The molecule has 2 N–H and O–H groups in total. The van der Waals surface area contributed by atoms with Gasteiger partial charge in [-0.15, -0.1) is 0 Å². The molecule has 0 aliphatic carbocycles. The lowest BCUT2D eigenvalue weighted by molar-refractivity contribution is -0.137. The van der Waals surface area contributed by atoms with Crippen LogP contribution in [0.3, 0.4) is 0 Å². The van der Waals surface area contributed by atoms with E-state index in [0.29, 0.717) is 29.9 Å². The third-order valence-electron chi connectivity index (χ3n) is 4.15. The minimum Gasteiger partial charge on any atom is -0.481 e. The molecule has 0 spiro atoms. The van der Waals surface area contributed by atoms with Crippen molar-refractivity contribution in [3.05, 3.63) is 28.7 Å². The Kier molecular flexibility index (Phi) is 6.50. The number of aryl methyl sites for hydroxylation is 3. The van der Waals surface area contributed by atoms with Crippen molar-refractivity contribution in [2.75, 3.05) is 6.54 Å². The highest BCUT2D eigenvalue weighted by Crippen LogP contribution is 2.16. The first-order chi connectivity index (χ1) is 11.9. The number of hydrogen-bond acceptors (Lipinski definition) is 4. The molecule has 0 aromatic carbocycles. The topological polar surface area (TPSA) is 96.6 Å². The molecule has 0 saturated heterocycles. The lowest BCUT2D eigenvalue weighted by Crippen LogP contribution is -2.25. The van der Waals surface area contributed by atoms with Crippen LogP contribution >= 0.6 is 0 Å². The number of carbonyl (C=O) groups is 2. The Morgan fingerprint density at radius 1 is 1.12 bits per heavy atom. The summed E-state index contributed by atoms with van der Waals surface area (Å²) in [4.78, 5) is 27.4. The summed E-state index contributed by atoms with van der Waals surface area (Å²) >= 11 is 0. The van der Waals surface area contributed by atoms with Crippen LogP contribution < -0.4 is 5.32 Å². The number of amides is 1. The van der Waals surface area contributed by atoms with Crippen LogP contribution in [0, 0.1) is 20.8 Å². The molecular formula is C18H26N4O3. The van der Waals surface area contributed by atoms with Crippen molar-refractivity contribution >= 4 is 17.5 Å². The number of carboxylic acid groups (broad SMARTS) is 1. The number of carbonyl (C=O) groups excluding carboxylic acids is 1. The van der Waals surface area contributed by atoms with E-state index in [0.717, 1.165) is 37.1 Å². The van der Waals surface area contributed by atoms with Crippen LogP contribution in [0.1, 0.15) is 66.0 Å². The number of hydrogen-bond donors (Lipinski definition) is 2. The third-order valence-corrected chi connectivity index (χ3v) is 4.15. The molecular weight excluding hydrogens is 320 g/mol. The number of unbranched alkanes of at least 4 members (excludes halogenated alkanes) is 4. The van der Waals surface area contributed by atoms with E-state index in [2.05, 4.69) is 15.4 Å². The molecule has 0 bridgehead atoms. The summed E-state index contributed by atoms with van der Waals surface area (Å²) in [5, 5.41) is 15.9. The minimum atomic E-state index is -0.741. The molecule has 136 valence electrons. The Balaban J connectivity index is 1.84. The standard InChI is InChI=1S/C18H26N4O3/c1-12-11-13(2)22-17(20-12)16(14(3)21-22)18(25)19-10-8-6-4-5-7-9-15(23)24/h11H,4-10H2,1-3H3,(H,19,25)(H,23,24). The second kappa shape index (κ2) is 8.60. The van der Waals surface area contributed by atoms with E-state index >= 15 is 0 Å². The fraction of sp³-hybridized carbons (Fsp3) is 0.556. The van der Waals surface area contributed by atoms with Gasteiger partial charge >= 0.3 is 5.97 Å². The first-order valence-corrected chi connectivity index (χ1v) is 8.73. The second-order valence-electron chi connectivity index (χ2n) is 6.40. The molecule has 0 aliphatic heterocycles. The Morgan fingerprint density at radius 2 is 1.80 bits per heavy atom. The van der Waals surface area contributed by atoms with E-state index < -0.39 is 5.97 Å². The van der Waals surface area contributed by atoms with Gasteiger partial charge in [0.2, 0.25) is 0 Å². The van der Waals surface area contributed by atoms with Gasteiger partial charge in [-0.1, -0.05) is 19.3 Å². The summed E-state index contributed by atoms with van der Waals surface area (Å²) in [6, 6.07) is 1.94. The molecule has 7 heteroatoms. The maximum absolute atomic E-state index is 12.5. The number of aliphatic carboxylic acids is 1. The van der Waals surface area contributed by atoms with Crippen LogP contribution in [-0.4, -0.2) is 38.1 Å². The lowest BCUT2D eigenvalue weighted by atomic mass is 10.1. The average Bonchev–Trinajstić information content (AvgIpc) is 2.86. The highest BCUT2D eigenvalue weighted by atomic mass is 16.4. The van der Waals surface area contributed by atoms with Crippen molar-refractivity contribution in [2.24, 2.45) is 0 Å². The molecule has 0 atom stereocenters. The quantitative estimate of drug-likeness (QED) is 0.681. The second-order valence-corrected chi connectivity index (χ2v) is 6.40. The zero-order chi connectivity index (χ0) is 18.4. The summed E-state index contributed by atoms with van der Waals surface area (Å²) in [7, 11) is 0. The van der Waals surface area contributed by atoms with Gasteiger partial charge in [0.15, 0.2) is 5.65 Å². The normalized spacial score (nSPS) is 11.0. The van der Waals surface area contributed by atoms with Crippen molar-refractivity contribution in [2.45, 2.75) is 59.3 Å². The van der Waals surface area contributed by atoms with E-state index in [1.165, 1.54) is 0 Å². The molecule has 2 aromatic heterocycles. The van der Waals surface area contributed by atoms with Crippen LogP contribution in [0.4, 0.5) is 0 Å². The van der Waals surface area contributed by atoms with Gasteiger partial charge in [0, 0.05) is 24.4 Å². The zero-order valence-electron chi connectivity index (χ0n) is 15.1. The van der Waals surface area contributed by atoms with Crippen molar-refractivity contribution < 1.29 is 14.7 Å². The Morgan fingerprint density at radius 3 is 2.52 bits per heavy atom. The van der Waals surface area contributed by atoms with Gasteiger partial charge in [0.25, 0.3) is 5.91 Å². The molecule has 0 radical (unpaired) electrons. The van der Waals surface area contributed by atoms with Crippen molar-refractivity contribution in [3.8, 4) is 0 Å². The van der Waals surface area contributed by atoms with Gasteiger partial charge in [-0.25, -0.2) is 9.50 Å². The van der Waals surface area contributed by atoms with E-state index in [-0.39, 0.29) is 12.3 Å². The van der Waals surface area contributed by atoms with Crippen molar-refractivity contribution in [1.82, 2.24) is 19.9 Å². The van der Waals surface area contributed by atoms with Gasteiger partial charge in [0.1, 0.15) is 5.56 Å². The van der Waals surface area contributed by atoms with Crippen LogP contribution in [0.5, 0.6) is 0 Å². The summed E-state index contributed by atoms with van der Waals surface area (Å²) in [5.74, 6) is -0.883. The Hall–Kier alpha value is -2.44. The highest BCUT2D eigenvalue weighted by molar-refractivity contribution is 6.01. The number of nitrogens with one attached hydrogen (secondary N) is 1. The molecule has 25 heavy (non-hydrogen) atoms. The van der Waals surface area contributed by atoms with Gasteiger partial charge in [-0.2, -0.15) is 5.10 Å². The number of carboxylic acids is 1. The molecule has 0 fully saturated rings. The van der Waals surface area contributed by atoms with Gasteiger partial charge in [0.05, 0.1) is 5.69 Å². The number of rotatable bonds is 9. The van der Waals surface area contributed by atoms with E-state index in [1.807, 2.05) is 26.8 Å². The molecule has 0 saturated carbocycles. The average molecular weight is 346 g/mol. The molecule has 0 unspecified atom stereocenters. The van der Waals surface area contributed by atoms with Crippen LogP contribution in [0.25, 0.3) is 5.65 Å². The molecule has 0 aliphatic rings. The maximum Gasteiger partial charge on any atom is 0.303 e. The molecule has 2 aromatic rings. The Labute approximate surface area is 147 Å². The van der Waals surface area contributed by atoms with Crippen molar-refractivity contribution in [3.63, 3.8) is 0 Å². The first-order valence-electron chi connectivity index (χ1n) is 8.73. The fourth-order valence-electron chi connectivity index (χ4n) is 2.91. The van der Waals surface area contributed by atoms with Crippen LogP contribution in [-0.2, 0) is 4.79 Å². The van der Waals surface area contributed by atoms with Crippen LogP contribution in [0.15, 0.2) is 6.07 Å². The van der Waals surface area contributed by atoms with E-state index in [4.69, 9.17) is 5.11 Å². The van der Waals surface area contributed by atoms with Crippen molar-refractivity contribution in [1.29, 1.82) is 0 Å². The summed E-state index contributed by atoms with van der Waals surface area (Å²) in [6.07, 6.45) is 4.70. The summed E-state index contributed by atoms with van der Waals surface area (Å²) in [5.41, 5.74) is 3.62. The first kappa shape index (κ1) is 18.9. The predicted octanol–water partition coefficient (Wildman–Crippen LogP) is 2.81. The summed E-state index contributed by atoms with van der Waals surface area (Å²) < 4.78 is 1.71. The molecule has 1 amide bonds.